The van der Waals surface area contributed by atoms with Crippen LogP contribution in [0.25, 0.3) is 0 Å². The topological polar surface area (TPSA) is 121 Å². The highest BCUT2D eigenvalue weighted by Gasteiger charge is 2.31. The number of halogens is 1. The molecule has 3 amide bonds. The second-order valence-electron chi connectivity index (χ2n) is 9.14. The molecule has 1 aliphatic heterocycles. The van der Waals surface area contributed by atoms with Gasteiger partial charge in [0.1, 0.15) is 12.1 Å². The van der Waals surface area contributed by atoms with Gasteiger partial charge in [-0.05, 0) is 72.4 Å². The van der Waals surface area contributed by atoms with E-state index >= 15 is 0 Å². The maximum Gasteiger partial charge on any atom is 0.289 e. The molecule has 0 aliphatic carbocycles. The molecular formula is C25H36IN3O5S2. The number of nitrogens with one attached hydrogen (secondary N) is 3. The number of hydrogen-bond donors (Lipinski definition) is 3. The summed E-state index contributed by atoms with van der Waals surface area (Å²) in [7, 11) is 0.675. The lowest BCUT2D eigenvalue weighted by atomic mass is 9.98. The van der Waals surface area contributed by atoms with Crippen LogP contribution in [0.4, 0.5) is 0 Å². The van der Waals surface area contributed by atoms with Gasteiger partial charge in [0.2, 0.25) is 17.6 Å². The van der Waals surface area contributed by atoms with E-state index in [0.717, 1.165) is 34.1 Å². The number of carbonyl (C=O) groups excluding carboxylic acids is 4. The summed E-state index contributed by atoms with van der Waals surface area (Å²) in [5.74, 6) is -1.50. The zero-order valence-electron chi connectivity index (χ0n) is 21.0. The van der Waals surface area contributed by atoms with Crippen molar-refractivity contribution in [3.63, 3.8) is 0 Å². The van der Waals surface area contributed by atoms with E-state index in [4.69, 9.17) is 0 Å². The van der Waals surface area contributed by atoms with Gasteiger partial charge in [0.05, 0.1) is 9.83 Å². The molecule has 200 valence electrons. The number of amides is 3. The van der Waals surface area contributed by atoms with E-state index in [1.807, 2.05) is 38.1 Å². The number of ketones is 1. The Balaban J connectivity index is 1.98. The average Bonchev–Trinajstić information content (AvgIpc) is 3.25. The quantitative estimate of drug-likeness (QED) is 0.123. The first-order valence-electron chi connectivity index (χ1n) is 12.3. The largest absolute Gasteiger partial charge is 0.350 e. The fraction of sp³-hybridized carbons (Fsp3) is 0.600. The Labute approximate surface area is 233 Å². The Bertz CT molecular complexity index is 942. The van der Waals surface area contributed by atoms with Gasteiger partial charge < -0.3 is 16.0 Å². The molecule has 1 heterocycles. The van der Waals surface area contributed by atoms with Crippen LogP contribution < -0.4 is 16.0 Å². The molecule has 1 aromatic carbocycles. The first-order chi connectivity index (χ1) is 17.1. The molecule has 0 aromatic heterocycles. The molecule has 1 saturated heterocycles. The van der Waals surface area contributed by atoms with Gasteiger partial charge in [0, 0.05) is 34.0 Å². The average molecular weight is 650 g/mol. The monoisotopic (exact) mass is 649 g/mol. The molecule has 0 spiro atoms. The number of Topliss-reactive ketones (excluding diaryl/α,β-unsaturated/α-hetero) is 1. The van der Waals surface area contributed by atoms with Gasteiger partial charge in [-0.3, -0.25) is 19.2 Å². The third kappa shape index (κ3) is 10.1. The van der Waals surface area contributed by atoms with Crippen LogP contribution in [0.3, 0.4) is 0 Å². The molecule has 1 aliphatic rings. The minimum atomic E-state index is -1.05. The second kappa shape index (κ2) is 15.7. The van der Waals surface area contributed by atoms with Gasteiger partial charge in [0.25, 0.3) is 5.91 Å². The van der Waals surface area contributed by atoms with Crippen LogP contribution in [0.2, 0.25) is 0 Å². The summed E-state index contributed by atoms with van der Waals surface area (Å²) in [5.41, 5.74) is 0.810. The second-order valence-corrected chi connectivity index (χ2v) is 13.9. The van der Waals surface area contributed by atoms with Gasteiger partial charge >= 0.3 is 0 Å². The number of unbranched alkanes of at least 4 members (excludes halogenated alkanes) is 1. The Morgan fingerprint density at radius 3 is 2.39 bits per heavy atom. The van der Waals surface area contributed by atoms with E-state index in [2.05, 4.69) is 38.5 Å². The third-order valence-corrected chi connectivity index (χ3v) is 10.3. The van der Waals surface area contributed by atoms with Crippen molar-refractivity contribution in [3.05, 3.63) is 33.4 Å². The van der Waals surface area contributed by atoms with Crippen LogP contribution in [-0.4, -0.2) is 57.3 Å². The van der Waals surface area contributed by atoms with Crippen LogP contribution in [0.5, 0.6) is 0 Å². The standard InChI is InChI=1S/C25H36IN3O5S2/c1-4-27-25(33)23(31)20(15-17-9-11-18(26)12-10-17)28-24(32)22(16(2)3)29-21(30)8-6-5-7-19-13-14-35-36(19)34/h9-12,16,19-20,22H,4-8,13-15H2,1-3H3,(H,27,33)(H,28,32)(H,29,30)/t19?,20-,22-,36?/m0/s1. The van der Waals surface area contributed by atoms with Crippen molar-refractivity contribution < 1.29 is 23.4 Å². The highest BCUT2D eigenvalue weighted by Crippen LogP contribution is 2.29. The molecule has 11 heteroatoms. The van der Waals surface area contributed by atoms with Gasteiger partial charge in [0.15, 0.2) is 0 Å². The van der Waals surface area contributed by atoms with Crippen LogP contribution in [0, 0.1) is 9.49 Å². The molecule has 36 heavy (non-hydrogen) atoms. The highest BCUT2D eigenvalue weighted by molar-refractivity contribution is 14.1. The normalized spacial score (nSPS) is 18.9. The van der Waals surface area contributed by atoms with Gasteiger partial charge in [-0.25, -0.2) is 4.21 Å². The van der Waals surface area contributed by atoms with Crippen LogP contribution in [0.15, 0.2) is 24.3 Å². The fourth-order valence-corrected chi connectivity index (χ4v) is 7.72. The molecule has 1 fully saturated rings. The number of likely N-dealkylation sites (N-methyl/N-ethyl adjacent to an activating group) is 1. The number of hydrogen-bond acceptors (Lipinski definition) is 6. The first-order valence-corrected chi connectivity index (χ1v) is 16.1. The molecule has 3 N–H and O–H groups in total. The predicted molar refractivity (Wildman–Crippen MR) is 153 cm³/mol. The van der Waals surface area contributed by atoms with E-state index in [0.29, 0.717) is 13.0 Å². The number of carbonyl (C=O) groups is 4. The zero-order chi connectivity index (χ0) is 26.7. The van der Waals surface area contributed by atoms with E-state index in [1.54, 1.807) is 6.92 Å². The molecule has 8 nitrogen and oxygen atoms in total. The molecular weight excluding hydrogens is 613 g/mol. The van der Waals surface area contributed by atoms with Crippen molar-refractivity contribution in [3.8, 4) is 0 Å². The summed E-state index contributed by atoms with van der Waals surface area (Å²) >= 11 is 2.18. The van der Waals surface area contributed by atoms with E-state index < -0.39 is 39.5 Å². The van der Waals surface area contributed by atoms with Crippen molar-refractivity contribution in [1.82, 2.24) is 16.0 Å². The Morgan fingerprint density at radius 1 is 1.11 bits per heavy atom. The molecule has 0 saturated carbocycles. The van der Waals surface area contributed by atoms with E-state index in [9.17, 15) is 23.4 Å². The molecule has 0 bridgehead atoms. The summed E-state index contributed by atoms with van der Waals surface area (Å²) in [5, 5.41) is 8.22. The SMILES string of the molecule is CCNC(=O)C(=O)[C@H](Cc1ccc(I)cc1)NC(=O)[C@@H](NC(=O)CCCCC1CCSS1=O)C(C)C. The van der Waals surface area contributed by atoms with Crippen molar-refractivity contribution in [2.24, 2.45) is 5.92 Å². The van der Waals surface area contributed by atoms with Gasteiger partial charge in [-0.2, -0.15) is 0 Å². The predicted octanol–water partition coefficient (Wildman–Crippen LogP) is 2.89. The first kappa shape index (κ1) is 30.8. The lowest BCUT2D eigenvalue weighted by Crippen LogP contribution is -2.56. The van der Waals surface area contributed by atoms with Gasteiger partial charge in [-0.1, -0.05) is 43.2 Å². The lowest BCUT2D eigenvalue weighted by Gasteiger charge is -2.25. The van der Waals surface area contributed by atoms with Crippen molar-refractivity contribution in [2.45, 2.75) is 76.6 Å². The molecule has 4 atom stereocenters. The van der Waals surface area contributed by atoms with E-state index in [1.165, 1.54) is 10.8 Å². The Morgan fingerprint density at radius 2 is 1.81 bits per heavy atom. The third-order valence-electron chi connectivity index (χ3n) is 5.90. The van der Waals surface area contributed by atoms with Crippen molar-refractivity contribution in [2.75, 3.05) is 12.3 Å². The molecule has 0 radical (unpaired) electrons. The van der Waals surface area contributed by atoms with Crippen LogP contribution in [0.1, 0.15) is 58.4 Å². The maximum absolute atomic E-state index is 13.2. The molecule has 2 unspecified atom stereocenters. The zero-order valence-corrected chi connectivity index (χ0v) is 24.8. The Kier molecular flexibility index (Phi) is 13.4. The van der Waals surface area contributed by atoms with Crippen LogP contribution in [-0.2, 0) is 35.4 Å². The highest BCUT2D eigenvalue weighted by atomic mass is 127. The van der Waals surface area contributed by atoms with Crippen molar-refractivity contribution >= 4 is 66.7 Å². The maximum atomic E-state index is 13.2. The van der Waals surface area contributed by atoms with Crippen molar-refractivity contribution in [1.29, 1.82) is 0 Å². The number of benzene rings is 1. The summed E-state index contributed by atoms with van der Waals surface area (Å²) < 4.78 is 12.9. The summed E-state index contributed by atoms with van der Waals surface area (Å²) in [4.78, 5) is 50.8. The summed E-state index contributed by atoms with van der Waals surface area (Å²) in [6, 6.07) is 5.61. The van der Waals surface area contributed by atoms with E-state index in [-0.39, 0.29) is 29.9 Å². The van der Waals surface area contributed by atoms with Crippen LogP contribution >= 0.6 is 33.4 Å². The summed E-state index contributed by atoms with van der Waals surface area (Å²) in [6.45, 7) is 5.65. The van der Waals surface area contributed by atoms with Gasteiger partial charge in [-0.15, -0.1) is 0 Å². The minimum absolute atomic E-state index is 0.165. The Hall–Kier alpha value is -1.47. The number of rotatable bonds is 14. The smallest absolute Gasteiger partial charge is 0.289 e. The lowest BCUT2D eigenvalue weighted by molar-refractivity contribution is -0.140. The fourth-order valence-electron chi connectivity index (χ4n) is 3.87. The summed E-state index contributed by atoms with van der Waals surface area (Å²) in [6.07, 6.45) is 3.69. The molecule has 2 rings (SSSR count). The minimum Gasteiger partial charge on any atom is -0.350 e. The molecule has 1 aromatic rings.